The minimum absolute atomic E-state index is 0.114. The lowest BCUT2D eigenvalue weighted by atomic mass is 9.44. The first-order valence-electron chi connectivity index (χ1n) is 15.7. The van der Waals surface area contributed by atoms with Crippen molar-refractivity contribution in [1.82, 2.24) is 4.90 Å². The Morgan fingerprint density at radius 2 is 1.46 bits per heavy atom. The van der Waals surface area contributed by atoms with E-state index in [-0.39, 0.29) is 17.6 Å². The van der Waals surface area contributed by atoms with Gasteiger partial charge < -0.3 is 14.7 Å². The monoisotopic (exact) mass is 487 g/mol. The SMILES string of the molecule is C[C@]12CCC3C(CC[C@H]4C[C@H](O)[C@@H](N5CCCCC5)C[C@]34C)C1C[C@H]([N+]1(C)CCCCCC1)[C@@H]2O. The maximum atomic E-state index is 11.9. The highest BCUT2D eigenvalue weighted by molar-refractivity contribution is 5.13. The van der Waals surface area contributed by atoms with E-state index in [0.29, 0.717) is 29.3 Å². The molecule has 6 rings (SSSR count). The van der Waals surface area contributed by atoms with Gasteiger partial charge in [0.15, 0.2) is 0 Å². The van der Waals surface area contributed by atoms with Crippen LogP contribution in [0.1, 0.15) is 104 Å². The fraction of sp³-hybridized carbons (Fsp3) is 1.00. The third-order valence-electron chi connectivity index (χ3n) is 13.4. The summed E-state index contributed by atoms with van der Waals surface area (Å²) in [5, 5.41) is 23.2. The minimum atomic E-state index is -0.128. The lowest BCUT2D eigenvalue weighted by molar-refractivity contribution is -0.935. The summed E-state index contributed by atoms with van der Waals surface area (Å²) in [6.07, 6.45) is 17.9. The highest BCUT2D eigenvalue weighted by Gasteiger charge is 2.65. The smallest absolute Gasteiger partial charge is 0.116 e. The first-order valence-corrected chi connectivity index (χ1v) is 15.7. The van der Waals surface area contributed by atoms with Gasteiger partial charge in [0, 0.05) is 17.9 Å². The van der Waals surface area contributed by atoms with Crippen molar-refractivity contribution < 1.29 is 14.7 Å². The van der Waals surface area contributed by atoms with E-state index in [1.165, 1.54) is 110 Å². The van der Waals surface area contributed by atoms with Gasteiger partial charge in [-0.05, 0) is 119 Å². The van der Waals surface area contributed by atoms with E-state index in [1.807, 2.05) is 0 Å². The molecule has 2 saturated heterocycles. The van der Waals surface area contributed by atoms with Gasteiger partial charge in [-0.25, -0.2) is 0 Å². The van der Waals surface area contributed by atoms with Gasteiger partial charge in [-0.15, -0.1) is 0 Å². The van der Waals surface area contributed by atoms with Crippen LogP contribution in [-0.4, -0.2) is 77.1 Å². The average molecular weight is 488 g/mol. The molecule has 6 aliphatic rings. The van der Waals surface area contributed by atoms with Crippen molar-refractivity contribution in [2.24, 2.45) is 34.5 Å². The number of aliphatic hydroxyl groups excluding tert-OH is 2. The number of rotatable bonds is 2. The van der Waals surface area contributed by atoms with Gasteiger partial charge in [0.25, 0.3) is 0 Å². The molecule has 0 aromatic rings. The highest BCUT2D eigenvalue weighted by Crippen LogP contribution is 2.67. The van der Waals surface area contributed by atoms with Crippen molar-refractivity contribution in [2.75, 3.05) is 33.2 Å². The zero-order valence-corrected chi connectivity index (χ0v) is 23.1. The number of hydrogen-bond donors (Lipinski definition) is 2. The van der Waals surface area contributed by atoms with Crippen molar-refractivity contribution in [3.05, 3.63) is 0 Å². The van der Waals surface area contributed by atoms with Gasteiger partial charge in [0.1, 0.15) is 12.1 Å². The molecule has 0 amide bonds. The molecule has 35 heavy (non-hydrogen) atoms. The fourth-order valence-corrected chi connectivity index (χ4v) is 11.2. The second kappa shape index (κ2) is 9.24. The molecule has 2 heterocycles. The number of nitrogens with zero attached hydrogens (tertiary/aromatic N) is 2. The summed E-state index contributed by atoms with van der Waals surface area (Å²) in [4.78, 5) is 2.67. The van der Waals surface area contributed by atoms with Gasteiger partial charge in [-0.1, -0.05) is 20.3 Å². The van der Waals surface area contributed by atoms with Crippen molar-refractivity contribution in [1.29, 1.82) is 0 Å². The van der Waals surface area contributed by atoms with Crippen LogP contribution < -0.4 is 0 Å². The minimum Gasteiger partial charge on any atom is -0.391 e. The summed E-state index contributed by atoms with van der Waals surface area (Å²) in [5.74, 6) is 2.96. The second-order valence-electron chi connectivity index (χ2n) is 15.0. The van der Waals surface area contributed by atoms with Gasteiger partial charge in [0.2, 0.25) is 0 Å². The molecular weight excluding hydrogens is 432 g/mol. The second-order valence-corrected chi connectivity index (χ2v) is 15.0. The Balaban J connectivity index is 1.25. The number of quaternary nitrogens is 1. The van der Waals surface area contributed by atoms with Crippen LogP contribution in [0.4, 0.5) is 0 Å². The lowest BCUT2D eigenvalue weighted by Gasteiger charge is -2.62. The molecule has 2 aliphatic heterocycles. The highest BCUT2D eigenvalue weighted by atomic mass is 16.3. The van der Waals surface area contributed by atoms with Crippen LogP contribution in [0.3, 0.4) is 0 Å². The molecule has 0 spiro atoms. The maximum absolute atomic E-state index is 11.9. The molecule has 6 fully saturated rings. The van der Waals surface area contributed by atoms with Gasteiger partial charge in [-0.3, -0.25) is 4.90 Å². The van der Waals surface area contributed by atoms with E-state index in [4.69, 9.17) is 0 Å². The molecule has 10 atom stereocenters. The predicted molar refractivity (Wildman–Crippen MR) is 142 cm³/mol. The van der Waals surface area contributed by atoms with Crippen LogP contribution in [0, 0.1) is 34.5 Å². The van der Waals surface area contributed by atoms with Crippen LogP contribution in [0.25, 0.3) is 0 Å². The average Bonchev–Trinajstić information content (AvgIpc) is 2.97. The van der Waals surface area contributed by atoms with Crippen LogP contribution in [-0.2, 0) is 0 Å². The molecule has 4 nitrogen and oxygen atoms in total. The van der Waals surface area contributed by atoms with Crippen LogP contribution in [0.5, 0.6) is 0 Å². The Morgan fingerprint density at radius 1 is 0.771 bits per heavy atom. The Labute approximate surface area is 215 Å². The zero-order valence-electron chi connectivity index (χ0n) is 23.1. The summed E-state index contributed by atoms with van der Waals surface area (Å²) in [6, 6.07) is 0.828. The van der Waals surface area contributed by atoms with Crippen LogP contribution >= 0.6 is 0 Å². The van der Waals surface area contributed by atoms with Gasteiger partial charge in [-0.2, -0.15) is 0 Å². The van der Waals surface area contributed by atoms with Crippen molar-refractivity contribution >= 4 is 0 Å². The summed E-state index contributed by atoms with van der Waals surface area (Å²) in [5.41, 5.74) is 0.485. The Morgan fingerprint density at radius 3 is 2.17 bits per heavy atom. The summed E-state index contributed by atoms with van der Waals surface area (Å²) < 4.78 is 1.13. The van der Waals surface area contributed by atoms with E-state index < -0.39 is 0 Å². The first-order chi connectivity index (χ1) is 16.8. The van der Waals surface area contributed by atoms with E-state index in [9.17, 15) is 10.2 Å². The van der Waals surface area contributed by atoms with Crippen molar-refractivity contribution in [3.63, 3.8) is 0 Å². The normalized spacial score (nSPS) is 52.7. The molecule has 0 radical (unpaired) electrons. The summed E-state index contributed by atoms with van der Waals surface area (Å²) in [6.45, 7) is 10.1. The predicted octanol–water partition coefficient (Wildman–Crippen LogP) is 5.21. The van der Waals surface area contributed by atoms with E-state index in [1.54, 1.807) is 0 Å². The van der Waals surface area contributed by atoms with Crippen LogP contribution in [0.2, 0.25) is 0 Å². The standard InChI is InChI=1S/C31H55N2O2/c1-30-14-13-24-23(25(30)20-27(29(30)35)33(3)17-9-4-5-10-18-33)12-11-22-19-28(34)26(21-31(22,24)2)32-15-7-6-8-16-32/h22-29,34-35H,4-21H2,1-3H3/q+1/t22-,23?,24?,25?,26-,27-,28-,29-,30-,31-/m0/s1. The molecule has 200 valence electrons. The Bertz CT molecular complexity index is 759. The molecule has 4 heteroatoms. The van der Waals surface area contributed by atoms with Crippen molar-refractivity contribution in [2.45, 2.75) is 128 Å². The quantitative estimate of drug-likeness (QED) is 0.525. The molecule has 3 unspecified atom stereocenters. The zero-order chi connectivity index (χ0) is 24.4. The number of aliphatic hydroxyl groups is 2. The van der Waals surface area contributed by atoms with E-state index in [2.05, 4.69) is 25.8 Å². The van der Waals surface area contributed by atoms with Gasteiger partial charge >= 0.3 is 0 Å². The maximum Gasteiger partial charge on any atom is 0.116 e. The molecule has 2 N–H and O–H groups in total. The molecule has 0 aromatic carbocycles. The first kappa shape index (κ1) is 25.1. The van der Waals surface area contributed by atoms with Crippen molar-refractivity contribution in [3.8, 4) is 0 Å². The summed E-state index contributed by atoms with van der Waals surface area (Å²) >= 11 is 0. The molecular formula is C31H55N2O2+. The topological polar surface area (TPSA) is 43.7 Å². The number of likely N-dealkylation sites (N-methyl/N-ethyl adjacent to an activating group) is 1. The third-order valence-corrected chi connectivity index (χ3v) is 13.4. The van der Waals surface area contributed by atoms with Crippen LogP contribution in [0.15, 0.2) is 0 Å². The molecule has 0 bridgehead atoms. The Kier molecular flexibility index (Phi) is 6.64. The van der Waals surface area contributed by atoms with Gasteiger partial charge in [0.05, 0.1) is 26.2 Å². The van der Waals surface area contributed by atoms with E-state index in [0.717, 1.165) is 22.7 Å². The summed E-state index contributed by atoms with van der Waals surface area (Å²) in [7, 11) is 2.49. The Hall–Kier alpha value is -0.160. The number of fused-ring (bicyclic) bond motifs is 5. The largest absolute Gasteiger partial charge is 0.391 e. The number of piperidine rings is 1. The molecule has 4 saturated carbocycles. The number of likely N-dealkylation sites (tertiary alicyclic amines) is 2. The van der Waals surface area contributed by atoms with E-state index >= 15 is 0 Å². The third kappa shape index (κ3) is 3.98. The fourth-order valence-electron chi connectivity index (χ4n) is 11.2. The molecule has 4 aliphatic carbocycles. The lowest BCUT2D eigenvalue weighted by Crippen LogP contribution is -2.60. The molecule has 0 aromatic heterocycles. The number of hydrogen-bond acceptors (Lipinski definition) is 3.